The molecule has 0 aromatic heterocycles. The van der Waals surface area contributed by atoms with E-state index in [1.54, 1.807) is 7.11 Å². The summed E-state index contributed by atoms with van der Waals surface area (Å²) < 4.78 is 10.8. The van der Waals surface area contributed by atoms with Crippen molar-refractivity contribution in [3.05, 3.63) is 0 Å². The Labute approximate surface area is 92.8 Å². The second kappa shape index (κ2) is 4.81. The molecule has 1 fully saturated rings. The third-order valence-corrected chi connectivity index (χ3v) is 3.38. The molecule has 3 nitrogen and oxygen atoms in total. The Morgan fingerprint density at radius 3 is 2.73 bits per heavy atom. The quantitative estimate of drug-likeness (QED) is 0.782. The molecular weight excluding hydrogens is 192 g/mol. The van der Waals surface area contributed by atoms with Crippen LogP contribution in [0, 0.1) is 0 Å². The van der Waals surface area contributed by atoms with Crippen LogP contribution < -0.4 is 0 Å². The molecule has 90 valence electrons. The van der Waals surface area contributed by atoms with Gasteiger partial charge in [-0.05, 0) is 40.0 Å². The molecule has 1 saturated heterocycles. The summed E-state index contributed by atoms with van der Waals surface area (Å²) in [5.41, 5.74) is -0.690. The fourth-order valence-electron chi connectivity index (χ4n) is 2.01. The average Bonchev–Trinajstić information content (AvgIpc) is 2.15. The molecule has 0 aliphatic carbocycles. The molecule has 0 aromatic rings. The van der Waals surface area contributed by atoms with Crippen LogP contribution in [0.4, 0.5) is 0 Å². The van der Waals surface area contributed by atoms with E-state index in [9.17, 15) is 5.11 Å². The van der Waals surface area contributed by atoms with Gasteiger partial charge >= 0.3 is 0 Å². The summed E-state index contributed by atoms with van der Waals surface area (Å²) in [4.78, 5) is 0. The lowest BCUT2D eigenvalue weighted by molar-refractivity contribution is -0.110. The number of hydrogen-bond donors (Lipinski definition) is 1. The van der Waals surface area contributed by atoms with Gasteiger partial charge in [0.2, 0.25) is 0 Å². The van der Waals surface area contributed by atoms with E-state index in [2.05, 4.69) is 13.8 Å². The minimum Gasteiger partial charge on any atom is -0.390 e. The summed E-state index contributed by atoms with van der Waals surface area (Å²) in [6, 6.07) is 0. The molecule has 0 radical (unpaired) electrons. The van der Waals surface area contributed by atoms with Gasteiger partial charge in [-0.25, -0.2) is 0 Å². The lowest BCUT2D eigenvalue weighted by atomic mass is 9.83. The summed E-state index contributed by atoms with van der Waals surface area (Å²) in [6.07, 6.45) is 3.34. The molecule has 0 saturated carbocycles. The summed E-state index contributed by atoms with van der Waals surface area (Å²) in [5.74, 6) is 0. The fourth-order valence-corrected chi connectivity index (χ4v) is 2.01. The van der Waals surface area contributed by atoms with Crippen LogP contribution >= 0.6 is 0 Å². The van der Waals surface area contributed by atoms with Crippen LogP contribution in [-0.4, -0.2) is 36.1 Å². The highest BCUT2D eigenvalue weighted by Gasteiger charge is 2.34. The summed E-state index contributed by atoms with van der Waals surface area (Å²) in [5, 5.41) is 10.4. The molecule has 1 aliphatic heterocycles. The summed E-state index contributed by atoms with van der Waals surface area (Å²) in [6.45, 7) is 6.80. The van der Waals surface area contributed by atoms with Gasteiger partial charge in [0, 0.05) is 20.1 Å². The average molecular weight is 216 g/mol. The molecule has 1 N–H and O–H groups in total. The van der Waals surface area contributed by atoms with Crippen molar-refractivity contribution in [2.45, 2.75) is 63.8 Å². The molecule has 0 amide bonds. The number of methoxy groups -OCH3 is 1. The van der Waals surface area contributed by atoms with Gasteiger partial charge in [0.05, 0.1) is 17.3 Å². The highest BCUT2D eigenvalue weighted by molar-refractivity contribution is 4.86. The van der Waals surface area contributed by atoms with Gasteiger partial charge in [-0.3, -0.25) is 0 Å². The smallest absolute Gasteiger partial charge is 0.0695 e. The SMILES string of the molecule is COC(C)(C)CCC1(O)CCOC(C)C1. The number of rotatable bonds is 4. The van der Waals surface area contributed by atoms with Crippen molar-refractivity contribution in [2.24, 2.45) is 0 Å². The van der Waals surface area contributed by atoms with Gasteiger partial charge in [0.1, 0.15) is 0 Å². The maximum Gasteiger partial charge on any atom is 0.0695 e. The van der Waals surface area contributed by atoms with E-state index >= 15 is 0 Å². The van der Waals surface area contributed by atoms with Crippen LogP contribution in [0.15, 0.2) is 0 Å². The van der Waals surface area contributed by atoms with Gasteiger partial charge in [-0.2, -0.15) is 0 Å². The zero-order chi connectivity index (χ0) is 11.5. The normalized spacial score (nSPS) is 33.0. The maximum absolute atomic E-state index is 10.4. The van der Waals surface area contributed by atoms with Crippen LogP contribution in [0.2, 0.25) is 0 Å². The van der Waals surface area contributed by atoms with Crippen molar-refractivity contribution >= 4 is 0 Å². The lowest BCUT2D eigenvalue weighted by Gasteiger charge is -2.37. The Morgan fingerprint density at radius 1 is 1.53 bits per heavy atom. The fraction of sp³-hybridized carbons (Fsp3) is 1.00. The van der Waals surface area contributed by atoms with E-state index in [0.717, 1.165) is 25.7 Å². The Balaban J connectivity index is 2.42. The van der Waals surface area contributed by atoms with Gasteiger partial charge in [0.15, 0.2) is 0 Å². The molecular formula is C12H24O3. The minimum absolute atomic E-state index is 0.142. The van der Waals surface area contributed by atoms with Crippen molar-refractivity contribution in [1.29, 1.82) is 0 Å². The van der Waals surface area contributed by atoms with Gasteiger partial charge in [-0.1, -0.05) is 0 Å². The molecule has 0 spiro atoms. The van der Waals surface area contributed by atoms with Crippen molar-refractivity contribution in [2.75, 3.05) is 13.7 Å². The summed E-state index contributed by atoms with van der Waals surface area (Å²) >= 11 is 0. The molecule has 1 aliphatic rings. The third-order valence-electron chi connectivity index (χ3n) is 3.38. The Kier molecular flexibility index (Phi) is 4.15. The standard InChI is InChI=1S/C12H24O3/c1-10-9-12(13,7-8-15-10)6-5-11(2,3)14-4/h10,13H,5-9H2,1-4H3. The van der Waals surface area contributed by atoms with E-state index in [-0.39, 0.29) is 11.7 Å². The highest BCUT2D eigenvalue weighted by atomic mass is 16.5. The molecule has 2 unspecified atom stereocenters. The van der Waals surface area contributed by atoms with Gasteiger partial charge in [-0.15, -0.1) is 0 Å². The summed E-state index contributed by atoms with van der Waals surface area (Å²) in [7, 11) is 1.72. The largest absolute Gasteiger partial charge is 0.390 e. The monoisotopic (exact) mass is 216 g/mol. The predicted octanol–water partition coefficient (Wildman–Crippen LogP) is 2.12. The third kappa shape index (κ3) is 4.09. The van der Waals surface area contributed by atoms with Crippen LogP contribution in [0.5, 0.6) is 0 Å². The number of ether oxygens (including phenoxy) is 2. The van der Waals surface area contributed by atoms with E-state index < -0.39 is 5.60 Å². The van der Waals surface area contributed by atoms with E-state index in [0.29, 0.717) is 6.61 Å². The van der Waals surface area contributed by atoms with Crippen LogP contribution in [-0.2, 0) is 9.47 Å². The first-order chi connectivity index (χ1) is 6.87. The van der Waals surface area contributed by atoms with Crippen LogP contribution in [0.3, 0.4) is 0 Å². The second-order valence-electron chi connectivity index (χ2n) is 5.32. The van der Waals surface area contributed by atoms with Gasteiger partial charge in [0.25, 0.3) is 0 Å². The van der Waals surface area contributed by atoms with Gasteiger partial charge < -0.3 is 14.6 Å². The molecule has 1 rings (SSSR count). The van der Waals surface area contributed by atoms with E-state index in [1.807, 2.05) is 6.92 Å². The first-order valence-electron chi connectivity index (χ1n) is 5.76. The highest BCUT2D eigenvalue weighted by Crippen LogP contribution is 2.31. The molecule has 3 heteroatoms. The lowest BCUT2D eigenvalue weighted by Crippen LogP contribution is -2.41. The molecule has 1 heterocycles. The molecule has 0 bridgehead atoms. The first kappa shape index (κ1) is 12.9. The first-order valence-corrected chi connectivity index (χ1v) is 5.76. The van der Waals surface area contributed by atoms with E-state index in [4.69, 9.17) is 9.47 Å². The van der Waals surface area contributed by atoms with Crippen molar-refractivity contribution in [1.82, 2.24) is 0 Å². The molecule has 15 heavy (non-hydrogen) atoms. The van der Waals surface area contributed by atoms with Crippen molar-refractivity contribution in [3.8, 4) is 0 Å². The van der Waals surface area contributed by atoms with Crippen molar-refractivity contribution < 1.29 is 14.6 Å². The minimum atomic E-state index is -0.548. The Hall–Kier alpha value is -0.120. The Bertz CT molecular complexity index is 203. The molecule has 2 atom stereocenters. The Morgan fingerprint density at radius 2 is 2.20 bits per heavy atom. The topological polar surface area (TPSA) is 38.7 Å². The maximum atomic E-state index is 10.4. The molecule has 0 aromatic carbocycles. The van der Waals surface area contributed by atoms with Crippen LogP contribution in [0.1, 0.15) is 46.5 Å². The zero-order valence-corrected chi connectivity index (χ0v) is 10.4. The van der Waals surface area contributed by atoms with E-state index in [1.165, 1.54) is 0 Å². The van der Waals surface area contributed by atoms with Crippen molar-refractivity contribution in [3.63, 3.8) is 0 Å². The number of aliphatic hydroxyl groups is 1. The zero-order valence-electron chi connectivity index (χ0n) is 10.4. The number of hydrogen-bond acceptors (Lipinski definition) is 3. The van der Waals surface area contributed by atoms with Crippen LogP contribution in [0.25, 0.3) is 0 Å². The predicted molar refractivity (Wildman–Crippen MR) is 59.9 cm³/mol. The second-order valence-corrected chi connectivity index (χ2v) is 5.32.